The van der Waals surface area contributed by atoms with Crippen molar-refractivity contribution >= 4 is 5.91 Å². The third-order valence-electron chi connectivity index (χ3n) is 4.54. The van der Waals surface area contributed by atoms with Gasteiger partial charge in [-0.2, -0.15) is 0 Å². The Morgan fingerprint density at radius 1 is 1.41 bits per heavy atom. The summed E-state index contributed by atoms with van der Waals surface area (Å²) < 4.78 is 2.21. The Hall–Kier alpha value is -2.10. The number of nitrogens with zero attached hydrogens (tertiary/aromatic N) is 3. The molecule has 1 aliphatic rings. The highest BCUT2D eigenvalue weighted by molar-refractivity contribution is 5.95. The first kappa shape index (κ1) is 14.8. The Bertz CT molecular complexity index is 689. The fourth-order valence-electron chi connectivity index (χ4n) is 3.30. The summed E-state index contributed by atoms with van der Waals surface area (Å²) in [7, 11) is 1.91. The molecule has 0 saturated carbocycles. The molecule has 2 aromatic rings. The van der Waals surface area contributed by atoms with Crippen LogP contribution < -0.4 is 0 Å². The third kappa shape index (κ3) is 2.91. The lowest BCUT2D eigenvalue weighted by Crippen LogP contribution is -2.35. The fraction of sp³-hybridized carbons (Fsp3) is 0.444. The van der Waals surface area contributed by atoms with Gasteiger partial charge >= 0.3 is 0 Å². The maximum Gasteiger partial charge on any atom is 0.253 e. The van der Waals surface area contributed by atoms with Gasteiger partial charge in [0.25, 0.3) is 5.91 Å². The third-order valence-corrected chi connectivity index (χ3v) is 4.54. The molecule has 3 rings (SSSR count). The Morgan fingerprint density at radius 2 is 2.23 bits per heavy atom. The van der Waals surface area contributed by atoms with E-state index in [9.17, 15) is 4.79 Å². The lowest BCUT2D eigenvalue weighted by molar-refractivity contribution is 0.0763. The molecule has 0 aliphatic carbocycles. The fourth-order valence-corrected chi connectivity index (χ4v) is 3.30. The van der Waals surface area contributed by atoms with Gasteiger partial charge in [-0.05, 0) is 37.8 Å². The molecule has 116 valence electrons. The van der Waals surface area contributed by atoms with Crippen LogP contribution >= 0.6 is 0 Å². The first-order valence-corrected chi connectivity index (χ1v) is 7.87. The average Bonchev–Trinajstić information content (AvgIpc) is 2.94. The summed E-state index contributed by atoms with van der Waals surface area (Å²) in [6.07, 6.45) is 5.96. The normalized spacial score (nSPS) is 17.1. The zero-order valence-corrected chi connectivity index (χ0v) is 13.5. The van der Waals surface area contributed by atoms with E-state index < -0.39 is 0 Å². The number of carbonyl (C=O) groups excluding carboxylic acids is 1. The van der Waals surface area contributed by atoms with E-state index in [1.807, 2.05) is 43.4 Å². The number of imidazole rings is 1. The van der Waals surface area contributed by atoms with E-state index in [0.29, 0.717) is 5.92 Å². The highest BCUT2D eigenvalue weighted by Crippen LogP contribution is 2.21. The van der Waals surface area contributed by atoms with Crippen LogP contribution in [0.2, 0.25) is 0 Å². The topological polar surface area (TPSA) is 38.1 Å². The van der Waals surface area contributed by atoms with Crippen molar-refractivity contribution in [2.24, 2.45) is 5.92 Å². The Kier molecular flexibility index (Phi) is 4.01. The van der Waals surface area contributed by atoms with Crippen LogP contribution in [0, 0.1) is 19.8 Å². The second kappa shape index (κ2) is 5.95. The van der Waals surface area contributed by atoms with E-state index in [1.54, 1.807) is 0 Å². The molecule has 1 aromatic heterocycles. The van der Waals surface area contributed by atoms with Crippen LogP contribution in [0.1, 0.15) is 33.7 Å². The molecule has 0 radical (unpaired) electrons. The van der Waals surface area contributed by atoms with Gasteiger partial charge in [0.2, 0.25) is 0 Å². The van der Waals surface area contributed by atoms with Crippen molar-refractivity contribution in [1.29, 1.82) is 0 Å². The number of benzene rings is 1. The van der Waals surface area contributed by atoms with Crippen molar-refractivity contribution in [3.05, 3.63) is 53.1 Å². The molecule has 1 atom stereocenters. The molecule has 4 nitrogen and oxygen atoms in total. The van der Waals surface area contributed by atoms with Crippen LogP contribution in [-0.2, 0) is 13.0 Å². The summed E-state index contributed by atoms with van der Waals surface area (Å²) in [5.74, 6) is 1.75. The first-order chi connectivity index (χ1) is 10.5. The molecule has 0 N–H and O–H groups in total. The lowest BCUT2D eigenvalue weighted by atomic mass is 9.96. The number of hydrogen-bond donors (Lipinski definition) is 0. The highest BCUT2D eigenvalue weighted by atomic mass is 16.2. The number of aromatic nitrogens is 2. The van der Waals surface area contributed by atoms with Gasteiger partial charge in [0.1, 0.15) is 5.82 Å². The standard InChI is InChI=1S/C18H23N3O/c1-13-4-5-16(14(2)10-13)18(22)20(3)12-15-6-8-21-9-7-19-17(21)11-15/h4-5,7,9-10,15H,6,8,11-12H2,1-3H3. The summed E-state index contributed by atoms with van der Waals surface area (Å²) >= 11 is 0. The number of amides is 1. The van der Waals surface area contributed by atoms with E-state index in [2.05, 4.69) is 22.5 Å². The second-order valence-electron chi connectivity index (χ2n) is 6.40. The Morgan fingerprint density at radius 3 is 3.00 bits per heavy atom. The molecule has 1 unspecified atom stereocenters. The van der Waals surface area contributed by atoms with Crippen molar-refractivity contribution in [3.8, 4) is 0 Å². The SMILES string of the molecule is Cc1ccc(C(=O)N(C)CC2CCn3ccnc3C2)c(C)c1. The molecular formula is C18H23N3O. The van der Waals surface area contributed by atoms with Crippen LogP contribution in [-0.4, -0.2) is 34.0 Å². The van der Waals surface area contributed by atoms with Crippen LogP contribution in [0.3, 0.4) is 0 Å². The van der Waals surface area contributed by atoms with Gasteiger partial charge in [-0.25, -0.2) is 4.98 Å². The molecular weight excluding hydrogens is 274 g/mol. The summed E-state index contributed by atoms with van der Waals surface area (Å²) in [4.78, 5) is 18.9. The van der Waals surface area contributed by atoms with Crippen LogP contribution in [0.25, 0.3) is 0 Å². The van der Waals surface area contributed by atoms with Gasteiger partial charge in [-0.3, -0.25) is 4.79 Å². The lowest BCUT2D eigenvalue weighted by Gasteiger charge is -2.28. The number of fused-ring (bicyclic) bond motifs is 1. The summed E-state index contributed by atoms with van der Waals surface area (Å²) in [6.45, 7) is 5.85. The van der Waals surface area contributed by atoms with Crippen LogP contribution in [0.15, 0.2) is 30.6 Å². The molecule has 1 amide bonds. The summed E-state index contributed by atoms with van der Waals surface area (Å²) in [5.41, 5.74) is 3.05. The maximum absolute atomic E-state index is 12.7. The first-order valence-electron chi connectivity index (χ1n) is 7.87. The molecule has 1 aliphatic heterocycles. The highest BCUT2D eigenvalue weighted by Gasteiger charge is 2.23. The van der Waals surface area contributed by atoms with Crippen molar-refractivity contribution in [2.75, 3.05) is 13.6 Å². The van der Waals surface area contributed by atoms with E-state index in [1.165, 1.54) is 5.56 Å². The van der Waals surface area contributed by atoms with Gasteiger partial charge in [0.05, 0.1) is 0 Å². The summed E-state index contributed by atoms with van der Waals surface area (Å²) in [6, 6.07) is 6.01. The molecule has 0 bridgehead atoms. The van der Waals surface area contributed by atoms with Crippen LogP contribution in [0.4, 0.5) is 0 Å². The van der Waals surface area contributed by atoms with Crippen LogP contribution in [0.5, 0.6) is 0 Å². The van der Waals surface area contributed by atoms with E-state index in [4.69, 9.17) is 0 Å². The van der Waals surface area contributed by atoms with E-state index >= 15 is 0 Å². The van der Waals surface area contributed by atoms with Crippen molar-refractivity contribution < 1.29 is 4.79 Å². The molecule has 0 saturated heterocycles. The minimum atomic E-state index is 0.117. The molecule has 0 fully saturated rings. The van der Waals surface area contributed by atoms with Gasteiger partial charge in [0.15, 0.2) is 0 Å². The molecule has 2 heterocycles. The smallest absolute Gasteiger partial charge is 0.253 e. The molecule has 22 heavy (non-hydrogen) atoms. The van der Waals surface area contributed by atoms with Gasteiger partial charge in [0, 0.05) is 44.5 Å². The molecule has 1 aromatic carbocycles. The number of carbonyl (C=O) groups is 1. The van der Waals surface area contributed by atoms with Gasteiger partial charge in [-0.15, -0.1) is 0 Å². The predicted octanol–water partition coefficient (Wildman–Crippen LogP) is 2.83. The van der Waals surface area contributed by atoms with Gasteiger partial charge < -0.3 is 9.47 Å². The minimum Gasteiger partial charge on any atom is -0.341 e. The molecule has 0 spiro atoms. The van der Waals surface area contributed by atoms with E-state index in [0.717, 1.165) is 42.9 Å². The average molecular weight is 297 g/mol. The zero-order chi connectivity index (χ0) is 15.7. The number of rotatable bonds is 3. The minimum absolute atomic E-state index is 0.117. The predicted molar refractivity (Wildman–Crippen MR) is 86.9 cm³/mol. The molecule has 4 heteroatoms. The Labute approximate surface area is 131 Å². The Balaban J connectivity index is 1.67. The maximum atomic E-state index is 12.7. The summed E-state index contributed by atoms with van der Waals surface area (Å²) in [5, 5.41) is 0. The van der Waals surface area contributed by atoms with Gasteiger partial charge in [-0.1, -0.05) is 17.7 Å². The second-order valence-corrected chi connectivity index (χ2v) is 6.40. The monoisotopic (exact) mass is 297 g/mol. The quantitative estimate of drug-likeness (QED) is 0.873. The van der Waals surface area contributed by atoms with Crippen molar-refractivity contribution in [2.45, 2.75) is 33.2 Å². The zero-order valence-electron chi connectivity index (χ0n) is 13.5. The van der Waals surface area contributed by atoms with Crippen molar-refractivity contribution in [3.63, 3.8) is 0 Å². The number of hydrogen-bond acceptors (Lipinski definition) is 2. The number of aryl methyl sites for hydroxylation is 3. The largest absolute Gasteiger partial charge is 0.341 e. The van der Waals surface area contributed by atoms with Crippen molar-refractivity contribution in [1.82, 2.24) is 14.5 Å². The van der Waals surface area contributed by atoms with E-state index in [-0.39, 0.29) is 5.91 Å².